The minimum Gasteiger partial charge on any atom is -0.410 e. The number of carbonyl (C=O) groups excluding carboxylic acids is 3. The van der Waals surface area contributed by atoms with E-state index in [4.69, 9.17) is 9.47 Å². The predicted octanol–water partition coefficient (Wildman–Crippen LogP) is 6.65. The third-order valence-corrected chi connectivity index (χ3v) is 8.78. The molecule has 39 heavy (non-hydrogen) atoms. The van der Waals surface area contributed by atoms with Crippen molar-refractivity contribution in [2.45, 2.75) is 31.3 Å². The van der Waals surface area contributed by atoms with Crippen LogP contribution in [0.15, 0.2) is 72.8 Å². The highest BCUT2D eigenvalue weighted by molar-refractivity contribution is 5.96. The summed E-state index contributed by atoms with van der Waals surface area (Å²) in [4.78, 5) is 43.6. The third kappa shape index (κ3) is 3.52. The van der Waals surface area contributed by atoms with Gasteiger partial charge in [-0.05, 0) is 46.5 Å². The van der Waals surface area contributed by atoms with Gasteiger partial charge in [-0.1, -0.05) is 67.1 Å². The van der Waals surface area contributed by atoms with E-state index in [0.717, 1.165) is 39.1 Å². The van der Waals surface area contributed by atoms with Gasteiger partial charge in [0, 0.05) is 37.1 Å². The molecule has 7 rings (SSSR count). The van der Waals surface area contributed by atoms with Gasteiger partial charge >= 0.3 is 12.2 Å². The Hall–Kier alpha value is -4.39. The number of Topliss-reactive ketones (excluding diaryl/α,β-unsaturated/α-hetero) is 1. The summed E-state index contributed by atoms with van der Waals surface area (Å²) >= 11 is 0. The molecule has 4 aromatic carbocycles. The number of nitrogens with zero attached hydrogens (tertiary/aromatic N) is 2. The van der Waals surface area contributed by atoms with E-state index in [0.29, 0.717) is 24.3 Å². The van der Waals surface area contributed by atoms with Gasteiger partial charge in [-0.25, -0.2) is 9.59 Å². The number of fused-ring (bicyclic) bond motifs is 6. The average molecular weight is 521 g/mol. The maximum atomic E-state index is 14.6. The Labute approximate surface area is 225 Å². The number of ether oxygens (including phenoxy) is 2. The monoisotopic (exact) mass is 520 g/mol. The molecule has 1 aliphatic carbocycles. The zero-order valence-electron chi connectivity index (χ0n) is 21.8. The minimum absolute atomic E-state index is 0.0668. The zero-order valence-corrected chi connectivity index (χ0v) is 21.8. The second-order valence-electron chi connectivity index (χ2n) is 10.8. The molecule has 0 spiro atoms. The Kier molecular flexibility index (Phi) is 5.37. The molecule has 0 N–H and O–H groups in total. The van der Waals surface area contributed by atoms with Gasteiger partial charge in [-0.15, -0.1) is 0 Å². The number of hydrogen-bond donors (Lipinski definition) is 0. The lowest BCUT2D eigenvalue weighted by molar-refractivity contribution is -0.134. The molecule has 2 aliphatic heterocycles. The van der Waals surface area contributed by atoms with Gasteiger partial charge in [0.15, 0.2) is 0 Å². The number of amides is 2. The fourth-order valence-corrected chi connectivity index (χ4v) is 6.97. The lowest BCUT2D eigenvalue weighted by atomic mass is 9.69. The first-order chi connectivity index (χ1) is 18.9. The Morgan fingerprint density at radius 2 is 1.05 bits per heavy atom. The van der Waals surface area contributed by atoms with Crippen molar-refractivity contribution in [1.82, 2.24) is 9.80 Å². The van der Waals surface area contributed by atoms with Crippen LogP contribution in [0.5, 0.6) is 11.5 Å². The Balaban J connectivity index is 1.36. The molecule has 4 aromatic rings. The standard InChI is InChI=1S/C32H28N2O5/c1-33-28(26-20-10-5-3-8-18(20)14-16-24(26)38-31(33)36)22-12-7-13-23(30(22)35)29-27-21-11-6-4-9-19(21)15-17-25(27)39-32(37)34(29)2/h3-6,8-11,14-17,22-23,28-29H,7,12-13H2,1-2H3/t22-,23?,28?,29?/m0/s1. The van der Waals surface area contributed by atoms with Crippen LogP contribution in [-0.2, 0) is 4.79 Å². The summed E-state index contributed by atoms with van der Waals surface area (Å²) in [6.45, 7) is 0. The van der Waals surface area contributed by atoms with Crippen molar-refractivity contribution in [2.75, 3.05) is 14.1 Å². The van der Waals surface area contributed by atoms with Crippen LogP contribution in [0.1, 0.15) is 42.5 Å². The Bertz CT molecular complexity index is 1560. The number of benzene rings is 4. The normalized spacial score (nSPS) is 24.8. The molecule has 0 aromatic heterocycles. The first-order valence-electron chi connectivity index (χ1n) is 13.4. The van der Waals surface area contributed by atoms with Crippen LogP contribution >= 0.6 is 0 Å². The molecular formula is C32H28N2O5. The molecule has 2 amide bonds. The Morgan fingerprint density at radius 1 is 0.615 bits per heavy atom. The molecule has 2 heterocycles. The largest absolute Gasteiger partial charge is 0.415 e. The van der Waals surface area contributed by atoms with E-state index in [1.807, 2.05) is 72.8 Å². The van der Waals surface area contributed by atoms with E-state index < -0.39 is 36.1 Å². The number of rotatable bonds is 2. The summed E-state index contributed by atoms with van der Waals surface area (Å²) in [5, 5.41) is 4.01. The third-order valence-electron chi connectivity index (χ3n) is 8.78. The Morgan fingerprint density at radius 3 is 1.51 bits per heavy atom. The summed E-state index contributed by atoms with van der Waals surface area (Å²) in [6, 6.07) is 22.6. The van der Waals surface area contributed by atoms with Gasteiger partial charge in [-0.2, -0.15) is 0 Å². The molecule has 0 radical (unpaired) electrons. The maximum absolute atomic E-state index is 14.6. The smallest absolute Gasteiger partial charge is 0.410 e. The van der Waals surface area contributed by atoms with Gasteiger partial charge < -0.3 is 19.3 Å². The highest BCUT2D eigenvalue weighted by atomic mass is 16.6. The number of carbonyl (C=O) groups is 3. The van der Waals surface area contributed by atoms with Crippen LogP contribution in [0.25, 0.3) is 21.5 Å². The summed E-state index contributed by atoms with van der Waals surface area (Å²) in [5.74, 6) is 0.210. The van der Waals surface area contributed by atoms with E-state index in [1.54, 1.807) is 23.9 Å². The quantitative estimate of drug-likeness (QED) is 0.296. The summed E-state index contributed by atoms with van der Waals surface area (Å²) in [5.41, 5.74) is 1.74. The highest BCUT2D eigenvalue weighted by Gasteiger charge is 2.49. The molecule has 4 atom stereocenters. The van der Waals surface area contributed by atoms with Crippen molar-refractivity contribution in [2.24, 2.45) is 11.8 Å². The molecule has 0 bridgehead atoms. The van der Waals surface area contributed by atoms with E-state index in [9.17, 15) is 14.4 Å². The fourth-order valence-electron chi connectivity index (χ4n) is 6.97. The van der Waals surface area contributed by atoms with Crippen molar-refractivity contribution in [3.8, 4) is 11.5 Å². The lowest BCUT2D eigenvalue weighted by Crippen LogP contribution is -2.49. The van der Waals surface area contributed by atoms with Crippen LogP contribution < -0.4 is 9.47 Å². The summed E-state index contributed by atoms with van der Waals surface area (Å²) in [7, 11) is 3.42. The number of hydrogen-bond acceptors (Lipinski definition) is 5. The van der Waals surface area contributed by atoms with E-state index in [1.165, 1.54) is 0 Å². The minimum atomic E-state index is -0.465. The van der Waals surface area contributed by atoms with Crippen molar-refractivity contribution in [3.63, 3.8) is 0 Å². The summed E-state index contributed by atoms with van der Waals surface area (Å²) in [6.07, 6.45) is 1.19. The van der Waals surface area contributed by atoms with Gasteiger partial charge in [0.2, 0.25) is 0 Å². The topological polar surface area (TPSA) is 76.2 Å². The molecule has 1 fully saturated rings. The second kappa shape index (κ2) is 8.83. The van der Waals surface area contributed by atoms with Gasteiger partial charge in [0.25, 0.3) is 0 Å². The molecular weight excluding hydrogens is 492 g/mol. The van der Waals surface area contributed by atoms with Crippen LogP contribution in [0.2, 0.25) is 0 Å². The highest BCUT2D eigenvalue weighted by Crippen LogP contribution is 2.51. The SMILES string of the molecule is CN1C(=O)Oc2ccc3ccccc3c2C1C1CCC[C@@H](C2c3c(ccc4ccccc34)OC(=O)N2C)C1=O. The van der Waals surface area contributed by atoms with Crippen LogP contribution in [0.3, 0.4) is 0 Å². The lowest BCUT2D eigenvalue weighted by Gasteiger charge is -2.45. The van der Waals surface area contributed by atoms with Gasteiger partial charge in [0.05, 0.1) is 12.1 Å². The first-order valence-corrected chi connectivity index (χ1v) is 13.4. The average Bonchev–Trinajstić information content (AvgIpc) is 2.95. The number of ketones is 1. The molecule has 7 nitrogen and oxygen atoms in total. The molecule has 3 aliphatic rings. The molecule has 3 unspecified atom stereocenters. The van der Waals surface area contributed by atoms with Gasteiger partial charge in [0.1, 0.15) is 17.3 Å². The van der Waals surface area contributed by atoms with E-state index in [-0.39, 0.29) is 5.78 Å². The predicted molar refractivity (Wildman–Crippen MR) is 147 cm³/mol. The van der Waals surface area contributed by atoms with Crippen molar-refractivity contribution in [1.29, 1.82) is 0 Å². The molecule has 1 saturated carbocycles. The van der Waals surface area contributed by atoms with Crippen molar-refractivity contribution < 1.29 is 23.9 Å². The second-order valence-corrected chi connectivity index (χ2v) is 10.8. The van der Waals surface area contributed by atoms with Crippen LogP contribution in [-0.4, -0.2) is 41.9 Å². The molecule has 0 saturated heterocycles. The molecule has 196 valence electrons. The van der Waals surface area contributed by atoms with E-state index in [2.05, 4.69) is 0 Å². The maximum Gasteiger partial charge on any atom is 0.415 e. The summed E-state index contributed by atoms with van der Waals surface area (Å²) < 4.78 is 11.4. The fraction of sp³-hybridized carbons (Fsp3) is 0.281. The molecule has 7 heteroatoms. The van der Waals surface area contributed by atoms with Crippen molar-refractivity contribution >= 4 is 39.5 Å². The van der Waals surface area contributed by atoms with Crippen LogP contribution in [0, 0.1) is 11.8 Å². The van der Waals surface area contributed by atoms with E-state index >= 15 is 0 Å². The zero-order chi connectivity index (χ0) is 26.8. The van der Waals surface area contributed by atoms with Crippen molar-refractivity contribution in [3.05, 3.63) is 83.9 Å². The first kappa shape index (κ1) is 23.7. The van der Waals surface area contributed by atoms with Gasteiger partial charge in [-0.3, -0.25) is 4.79 Å². The van der Waals surface area contributed by atoms with Crippen LogP contribution in [0.4, 0.5) is 9.59 Å².